The molecule has 1 fully saturated rings. The van der Waals surface area contributed by atoms with Crippen LogP contribution in [0.2, 0.25) is 5.02 Å². The maximum absolute atomic E-state index is 14.0. The van der Waals surface area contributed by atoms with E-state index < -0.39 is 46.2 Å². The Hall–Kier alpha value is -14.9. The summed E-state index contributed by atoms with van der Waals surface area (Å²) in [5.41, 5.74) is 14.2. The number of fused-ring (bicyclic) bond motifs is 6. The Balaban J connectivity index is 0.000000119. The Kier molecular flexibility index (Phi) is 22.4. The molecule has 1 saturated heterocycles. The minimum Gasteiger partial charge on any atom is -0.337 e. The number of aromatic amines is 8. The summed E-state index contributed by atoms with van der Waals surface area (Å²) in [5.74, 6) is -4.09. The quantitative estimate of drug-likeness (QED) is 0.0400. The molecule has 11 heterocycles. The smallest absolute Gasteiger partial charge is 0.261 e. The van der Waals surface area contributed by atoms with Gasteiger partial charge in [0.2, 0.25) is 0 Å². The number of nitrogens with zero attached hydrogens (tertiary/aromatic N) is 12. The van der Waals surface area contributed by atoms with E-state index in [0.29, 0.717) is 91.2 Å². The molecule has 0 unspecified atom stereocenters. The number of aryl methyl sites for hydroxylation is 1. The summed E-state index contributed by atoms with van der Waals surface area (Å²) >= 11 is 6.35. The van der Waals surface area contributed by atoms with Gasteiger partial charge >= 0.3 is 0 Å². The summed E-state index contributed by atoms with van der Waals surface area (Å²) in [4.78, 5) is 95.5. The lowest BCUT2D eigenvalue weighted by Crippen LogP contribution is -2.43. The van der Waals surface area contributed by atoms with E-state index in [2.05, 4.69) is 167 Å². The van der Waals surface area contributed by atoms with E-state index in [9.17, 15) is 36.7 Å². The molecule has 29 nitrogen and oxygen atoms in total. The van der Waals surface area contributed by atoms with Crippen molar-refractivity contribution in [2.75, 3.05) is 54.5 Å². The van der Waals surface area contributed by atoms with E-state index >= 15 is 0 Å². The number of nitrogens with one attached hydrogen (secondary N) is 13. The van der Waals surface area contributed by atoms with Gasteiger partial charge in [-0.05, 0) is 148 Å². The van der Waals surface area contributed by atoms with Crippen LogP contribution in [0.15, 0.2) is 207 Å². The number of benzene rings is 8. The van der Waals surface area contributed by atoms with Crippen molar-refractivity contribution in [1.29, 1.82) is 0 Å². The van der Waals surface area contributed by atoms with Gasteiger partial charge in [0.1, 0.15) is 57.2 Å². The SMILES string of the molecule is CC(C)(C)NCc1ccc2nc(-c3[nH]ncc3NC(=O)c3c(F)cccc3F)[nH]c2c1.CN1CCN(Cc2ccc3nc(-c4[nH]ncc4NC(=O)c4c(F)cccc4F)[nH]c3c2)CC1.Cc1cnc2c(C(=O)Nc3cn[nH]c3-c3nc4ccccc4[nH]3)c(Cl)ccc2c1.O=C(Nc1cn[nH]c1-c1nc2ccccc2[nH]1)c1cccc2cccnc12. The summed E-state index contributed by atoms with van der Waals surface area (Å²) in [5, 5.41) is 43.7. The number of carbonyl (C=O) groups is 4. The van der Waals surface area contributed by atoms with Crippen molar-refractivity contribution in [2.24, 2.45) is 0 Å². The number of H-pyrrole nitrogens is 8. The summed E-state index contributed by atoms with van der Waals surface area (Å²) in [6, 6.07) is 48.7. The van der Waals surface area contributed by atoms with Crippen LogP contribution in [0, 0.1) is 30.2 Å². The molecule has 1 aliphatic rings. The molecule has 0 bridgehead atoms. The highest BCUT2D eigenvalue weighted by atomic mass is 35.5. The summed E-state index contributed by atoms with van der Waals surface area (Å²) in [7, 11) is 2.13. The molecular weight excluding hydrogens is 1560 g/mol. The molecule has 4 amide bonds. The first-order valence-electron chi connectivity index (χ1n) is 37.8. The first-order chi connectivity index (χ1) is 58.1. The third kappa shape index (κ3) is 17.4. The van der Waals surface area contributed by atoms with E-state index in [-0.39, 0.29) is 28.7 Å². The van der Waals surface area contributed by atoms with Gasteiger partial charge in [0.15, 0.2) is 23.3 Å². The van der Waals surface area contributed by atoms with E-state index in [4.69, 9.17) is 11.6 Å². The second kappa shape index (κ2) is 34.1. The number of para-hydroxylation sites is 5. The third-order valence-electron chi connectivity index (χ3n) is 19.6. The molecule has 19 rings (SSSR count). The van der Waals surface area contributed by atoms with Gasteiger partial charge < -0.3 is 51.4 Å². The molecule has 0 spiro atoms. The highest BCUT2D eigenvalue weighted by Crippen LogP contribution is 2.34. The van der Waals surface area contributed by atoms with Crippen molar-refractivity contribution in [2.45, 2.75) is 46.3 Å². The zero-order valence-electron chi connectivity index (χ0n) is 64.8. The zero-order valence-corrected chi connectivity index (χ0v) is 65.5. The van der Waals surface area contributed by atoms with E-state index in [0.717, 1.165) is 123 Å². The lowest BCUT2D eigenvalue weighted by molar-refractivity contribution is 0.101. The Morgan fingerprint density at radius 3 is 1.36 bits per heavy atom. The molecule has 120 heavy (non-hydrogen) atoms. The molecule has 602 valence electrons. The first kappa shape index (κ1) is 78.9. The van der Waals surface area contributed by atoms with Crippen molar-refractivity contribution >= 4 is 124 Å². The van der Waals surface area contributed by atoms with E-state index in [1.165, 1.54) is 36.3 Å². The Bertz CT molecular complexity index is 6750. The highest BCUT2D eigenvalue weighted by Gasteiger charge is 2.26. The molecule has 18 aromatic rings. The number of carbonyl (C=O) groups excluding carboxylic acids is 4. The monoisotopic (exact) mass is 1630 g/mol. The predicted octanol–water partition coefficient (Wildman–Crippen LogP) is 16.1. The molecular formula is C86H74ClF4N25O4. The zero-order chi connectivity index (χ0) is 83.3. The fourth-order valence-electron chi connectivity index (χ4n) is 13.5. The number of likely N-dealkylation sites (N-methyl/N-ethyl adjacent to an activating group) is 1. The molecule has 1 aliphatic heterocycles. The van der Waals surface area contributed by atoms with Gasteiger partial charge in [0, 0.05) is 68.0 Å². The Morgan fingerprint density at radius 1 is 0.433 bits per heavy atom. The largest absolute Gasteiger partial charge is 0.337 e. The summed E-state index contributed by atoms with van der Waals surface area (Å²) < 4.78 is 55.8. The van der Waals surface area contributed by atoms with Crippen molar-refractivity contribution < 1.29 is 36.7 Å². The minimum atomic E-state index is -0.942. The number of pyridine rings is 2. The summed E-state index contributed by atoms with van der Waals surface area (Å²) in [6.45, 7) is 14.0. The lowest BCUT2D eigenvalue weighted by atomic mass is 10.1. The number of rotatable bonds is 16. The number of hydrogen-bond donors (Lipinski definition) is 13. The van der Waals surface area contributed by atoms with Gasteiger partial charge in [0.25, 0.3) is 23.6 Å². The van der Waals surface area contributed by atoms with Crippen molar-refractivity contribution in [3.8, 4) is 46.1 Å². The maximum Gasteiger partial charge on any atom is 0.261 e. The van der Waals surface area contributed by atoms with Gasteiger partial charge in [-0.25, -0.2) is 37.5 Å². The first-order valence-corrected chi connectivity index (χ1v) is 38.2. The predicted molar refractivity (Wildman–Crippen MR) is 452 cm³/mol. The number of anilines is 4. The average Bonchev–Trinajstić information content (AvgIpc) is 1.83. The topological polar surface area (TPSA) is 390 Å². The third-order valence-corrected chi connectivity index (χ3v) is 19.9. The molecule has 13 N–H and O–H groups in total. The van der Waals surface area contributed by atoms with Gasteiger partial charge in [-0.3, -0.25) is 54.4 Å². The number of aromatic nitrogens is 18. The normalized spacial score (nSPS) is 12.4. The highest BCUT2D eigenvalue weighted by molar-refractivity contribution is 6.36. The van der Waals surface area contributed by atoms with Gasteiger partial charge in [-0.1, -0.05) is 84.4 Å². The second-order valence-electron chi connectivity index (χ2n) is 29.3. The summed E-state index contributed by atoms with van der Waals surface area (Å²) in [6.07, 6.45) is 9.23. The van der Waals surface area contributed by atoms with Crippen LogP contribution in [-0.2, 0) is 13.1 Å². The number of piperazine rings is 1. The number of amides is 4. The van der Waals surface area contributed by atoms with Crippen LogP contribution in [0.1, 0.15) is 78.9 Å². The van der Waals surface area contributed by atoms with Crippen molar-refractivity contribution in [1.82, 2.24) is 106 Å². The van der Waals surface area contributed by atoms with Gasteiger partial charge in [-0.2, -0.15) is 20.4 Å². The number of imidazole rings is 4. The van der Waals surface area contributed by atoms with Crippen LogP contribution in [-0.4, -0.2) is 163 Å². The average molecular weight is 1630 g/mol. The van der Waals surface area contributed by atoms with Crippen LogP contribution in [0.25, 0.3) is 112 Å². The van der Waals surface area contributed by atoms with Crippen molar-refractivity contribution in [3.05, 3.63) is 274 Å². The Morgan fingerprint density at radius 2 is 0.867 bits per heavy atom. The molecule has 0 atom stereocenters. The number of hydrogen-bond acceptors (Lipinski definition) is 17. The van der Waals surface area contributed by atoms with Crippen LogP contribution in [0.4, 0.5) is 40.3 Å². The molecule has 0 radical (unpaired) electrons. The van der Waals surface area contributed by atoms with Gasteiger partial charge in [-0.15, -0.1) is 0 Å². The molecule has 0 saturated carbocycles. The molecule has 34 heteroatoms. The molecule has 0 aliphatic carbocycles. The fraction of sp³-hybridized carbons (Fsp3) is 0.140. The maximum atomic E-state index is 14.0. The van der Waals surface area contributed by atoms with Crippen LogP contribution in [0.5, 0.6) is 0 Å². The van der Waals surface area contributed by atoms with Crippen LogP contribution < -0.4 is 26.6 Å². The van der Waals surface area contributed by atoms with Crippen LogP contribution >= 0.6 is 11.6 Å². The van der Waals surface area contributed by atoms with Gasteiger partial charge in [0.05, 0.1) is 119 Å². The second-order valence-corrected chi connectivity index (χ2v) is 29.7. The van der Waals surface area contributed by atoms with E-state index in [1.807, 2.05) is 116 Å². The molecule has 10 aromatic heterocycles. The standard InChI is InChI=1S/C23H23F2N7O.C22H22F2N6O.C21H15ClN6O.C20H14N6O/c1-31-7-9-32(10-8-31)13-14-5-6-17-18(11-14)28-22(27-17)21-19(12-26-30-21)29-23(33)20-15(24)3-2-4-16(20)25;1-22(2,3)25-10-12-7-8-15-16(9-12)28-20(27-15)19-17(11-26-30-19)29-21(31)18-13(23)5-4-6-14(18)24;1-11-8-12-6-7-13(22)17(18(12)23-9-11)21(29)27-16-10-24-28-19(16)20-25-14-4-2-3-5-15(14)26-20;27-20(13-7-3-5-12-6-4-10-21-17(12)13)25-16-11-22-26-18(16)19-23-14-8-1-2-9-15(14)24-19/h2-6,11-12H,7-10,13H2,1H3,(H,26,30)(H,27,28)(H,29,33);4-9,11,25H,10H2,1-3H3,(H,26,30)(H,27,28)(H,29,31);2-10H,1H3,(H,24,28)(H,25,26)(H,27,29);1-11H,(H,22,26)(H,23,24)(H,25,27). The Labute approximate surface area is 684 Å². The van der Waals surface area contributed by atoms with Crippen molar-refractivity contribution in [3.63, 3.8) is 0 Å². The van der Waals surface area contributed by atoms with E-state index in [1.54, 1.807) is 30.7 Å². The molecule has 8 aromatic carbocycles. The minimum absolute atomic E-state index is 0.00513. The lowest BCUT2D eigenvalue weighted by Gasteiger charge is -2.32. The number of halogens is 5. The van der Waals surface area contributed by atoms with Crippen LogP contribution in [0.3, 0.4) is 0 Å². The fourth-order valence-corrected chi connectivity index (χ4v) is 13.8.